The first-order chi connectivity index (χ1) is 10.0. The van der Waals surface area contributed by atoms with Gasteiger partial charge in [-0.1, -0.05) is 12.1 Å². The third-order valence-corrected chi connectivity index (χ3v) is 3.35. The van der Waals surface area contributed by atoms with Crippen LogP contribution in [0.5, 0.6) is 5.75 Å². The number of piperazine rings is 1. The highest BCUT2D eigenvalue weighted by atomic mass is 19.3. The Hall–Kier alpha value is -1.73. The number of hydrogen-bond donors (Lipinski definition) is 1. The number of hydrogen-bond acceptors (Lipinski definition) is 4. The van der Waals surface area contributed by atoms with Crippen LogP contribution in [0.2, 0.25) is 0 Å². The van der Waals surface area contributed by atoms with E-state index < -0.39 is 12.6 Å². The minimum Gasteiger partial charge on any atom is -0.480 e. The molecule has 1 aliphatic heterocycles. The van der Waals surface area contributed by atoms with Gasteiger partial charge < -0.3 is 9.84 Å². The molecule has 2 rings (SSSR count). The number of nitrogens with zero attached hydrogens (tertiary/aromatic N) is 2. The number of benzene rings is 1. The van der Waals surface area contributed by atoms with Gasteiger partial charge in [0, 0.05) is 32.7 Å². The van der Waals surface area contributed by atoms with E-state index in [2.05, 4.69) is 9.64 Å². The number of carboxylic acid groups (broad SMARTS) is 1. The molecule has 0 radical (unpaired) electrons. The van der Waals surface area contributed by atoms with Gasteiger partial charge >= 0.3 is 12.6 Å². The summed E-state index contributed by atoms with van der Waals surface area (Å²) < 4.78 is 28.7. The van der Waals surface area contributed by atoms with E-state index in [4.69, 9.17) is 5.11 Å². The van der Waals surface area contributed by atoms with Crippen LogP contribution in [0.3, 0.4) is 0 Å². The second-order valence-corrected chi connectivity index (χ2v) is 4.97. The quantitative estimate of drug-likeness (QED) is 0.862. The van der Waals surface area contributed by atoms with Crippen molar-refractivity contribution in [3.05, 3.63) is 29.8 Å². The van der Waals surface area contributed by atoms with E-state index in [1.807, 2.05) is 11.0 Å². The molecule has 1 saturated heterocycles. The summed E-state index contributed by atoms with van der Waals surface area (Å²) in [6.07, 6.45) is 0. The highest BCUT2D eigenvalue weighted by molar-refractivity contribution is 5.69. The molecule has 0 aliphatic carbocycles. The second-order valence-electron chi connectivity index (χ2n) is 4.97. The highest BCUT2D eigenvalue weighted by Crippen LogP contribution is 2.17. The minimum absolute atomic E-state index is 0.0611. The van der Waals surface area contributed by atoms with Crippen molar-refractivity contribution < 1.29 is 23.4 Å². The molecule has 0 unspecified atom stereocenters. The first-order valence-corrected chi connectivity index (χ1v) is 6.73. The van der Waals surface area contributed by atoms with E-state index in [9.17, 15) is 13.6 Å². The van der Waals surface area contributed by atoms with Crippen LogP contribution in [0.4, 0.5) is 8.78 Å². The van der Waals surface area contributed by atoms with E-state index >= 15 is 0 Å². The molecule has 7 heteroatoms. The zero-order valence-corrected chi connectivity index (χ0v) is 11.5. The van der Waals surface area contributed by atoms with Crippen molar-refractivity contribution in [2.24, 2.45) is 0 Å². The van der Waals surface area contributed by atoms with Crippen LogP contribution in [0.15, 0.2) is 24.3 Å². The Morgan fingerprint density at radius 3 is 2.52 bits per heavy atom. The van der Waals surface area contributed by atoms with Gasteiger partial charge in [0.1, 0.15) is 5.75 Å². The van der Waals surface area contributed by atoms with Gasteiger partial charge in [-0.15, -0.1) is 0 Å². The zero-order valence-electron chi connectivity index (χ0n) is 11.5. The standard InChI is InChI=1S/C14H18F2N2O3/c15-14(16)21-12-3-1-2-11(8-12)9-17-4-6-18(7-5-17)10-13(19)20/h1-3,8,14H,4-7,9-10H2,(H,19,20). The van der Waals surface area contributed by atoms with Crippen molar-refractivity contribution in [2.45, 2.75) is 13.2 Å². The molecule has 0 spiro atoms. The molecule has 21 heavy (non-hydrogen) atoms. The highest BCUT2D eigenvalue weighted by Gasteiger charge is 2.18. The Balaban J connectivity index is 1.84. The van der Waals surface area contributed by atoms with Gasteiger partial charge in [-0.05, 0) is 17.7 Å². The molecule has 0 bridgehead atoms. The fraction of sp³-hybridized carbons (Fsp3) is 0.500. The Bertz CT molecular complexity index is 477. The van der Waals surface area contributed by atoms with E-state index in [0.29, 0.717) is 19.6 Å². The maximum Gasteiger partial charge on any atom is 0.387 e. The van der Waals surface area contributed by atoms with Crippen molar-refractivity contribution in [3.63, 3.8) is 0 Å². The Morgan fingerprint density at radius 1 is 1.24 bits per heavy atom. The SMILES string of the molecule is O=C(O)CN1CCN(Cc2cccc(OC(F)F)c2)CC1. The molecule has 1 heterocycles. The summed E-state index contributed by atoms with van der Waals surface area (Å²) in [7, 11) is 0. The minimum atomic E-state index is -2.82. The fourth-order valence-electron chi connectivity index (χ4n) is 2.38. The van der Waals surface area contributed by atoms with E-state index in [0.717, 1.165) is 18.7 Å². The van der Waals surface area contributed by atoms with Crippen LogP contribution >= 0.6 is 0 Å². The molecule has 116 valence electrons. The lowest BCUT2D eigenvalue weighted by Gasteiger charge is -2.33. The second kappa shape index (κ2) is 7.33. The topological polar surface area (TPSA) is 53.0 Å². The predicted molar refractivity (Wildman–Crippen MR) is 72.4 cm³/mol. The molecular weight excluding hydrogens is 282 g/mol. The Morgan fingerprint density at radius 2 is 1.90 bits per heavy atom. The molecule has 0 aromatic heterocycles. The van der Waals surface area contributed by atoms with Crippen molar-refractivity contribution in [3.8, 4) is 5.75 Å². The van der Waals surface area contributed by atoms with Gasteiger partial charge in [0.2, 0.25) is 0 Å². The van der Waals surface area contributed by atoms with Crippen molar-refractivity contribution in [1.29, 1.82) is 0 Å². The Kier molecular flexibility index (Phi) is 5.46. The Labute approximate surface area is 121 Å². The number of ether oxygens (including phenoxy) is 1. The number of aliphatic carboxylic acids is 1. The molecule has 0 saturated carbocycles. The number of alkyl halides is 2. The fourth-order valence-corrected chi connectivity index (χ4v) is 2.38. The van der Waals surface area contributed by atoms with Crippen molar-refractivity contribution in [2.75, 3.05) is 32.7 Å². The van der Waals surface area contributed by atoms with Crippen LogP contribution in [-0.2, 0) is 11.3 Å². The van der Waals surface area contributed by atoms with Gasteiger partial charge in [-0.3, -0.25) is 14.6 Å². The molecule has 1 aliphatic rings. The predicted octanol–water partition coefficient (Wildman–Crippen LogP) is 1.49. The van der Waals surface area contributed by atoms with Crippen LogP contribution < -0.4 is 4.74 Å². The van der Waals surface area contributed by atoms with Crippen LogP contribution in [0, 0.1) is 0 Å². The summed E-state index contributed by atoms with van der Waals surface area (Å²) in [5, 5.41) is 8.74. The van der Waals surface area contributed by atoms with E-state index in [1.54, 1.807) is 12.1 Å². The van der Waals surface area contributed by atoms with Gasteiger partial charge in [0.15, 0.2) is 0 Å². The van der Waals surface area contributed by atoms with Crippen molar-refractivity contribution in [1.82, 2.24) is 9.80 Å². The van der Waals surface area contributed by atoms with Crippen LogP contribution in [0.25, 0.3) is 0 Å². The van der Waals surface area contributed by atoms with Crippen molar-refractivity contribution >= 4 is 5.97 Å². The lowest BCUT2D eigenvalue weighted by molar-refractivity contribution is -0.138. The zero-order chi connectivity index (χ0) is 15.2. The molecule has 1 aromatic carbocycles. The normalized spacial score (nSPS) is 17.1. The third-order valence-electron chi connectivity index (χ3n) is 3.35. The summed E-state index contributed by atoms with van der Waals surface area (Å²) in [6, 6.07) is 6.66. The first-order valence-electron chi connectivity index (χ1n) is 6.73. The number of halogens is 2. The molecule has 0 amide bonds. The maximum atomic E-state index is 12.2. The molecule has 1 N–H and O–H groups in total. The molecule has 0 atom stereocenters. The lowest BCUT2D eigenvalue weighted by atomic mass is 10.2. The van der Waals surface area contributed by atoms with Gasteiger partial charge in [0.25, 0.3) is 0 Å². The smallest absolute Gasteiger partial charge is 0.387 e. The number of carboxylic acids is 1. The average Bonchev–Trinajstić information content (AvgIpc) is 2.40. The van der Waals surface area contributed by atoms with Gasteiger partial charge in [-0.2, -0.15) is 8.78 Å². The summed E-state index contributed by atoms with van der Waals surface area (Å²) in [6.45, 7) is 0.784. The van der Waals surface area contributed by atoms with Crippen LogP contribution in [0.1, 0.15) is 5.56 Å². The molecule has 5 nitrogen and oxygen atoms in total. The summed E-state index contributed by atoms with van der Waals surface area (Å²) in [4.78, 5) is 14.7. The summed E-state index contributed by atoms with van der Waals surface area (Å²) >= 11 is 0. The molecule has 1 fully saturated rings. The first kappa shape index (κ1) is 15.7. The summed E-state index contributed by atoms with van der Waals surface area (Å²) in [5.41, 5.74) is 0.903. The third kappa shape index (κ3) is 5.28. The average molecular weight is 300 g/mol. The van der Waals surface area contributed by atoms with E-state index in [1.165, 1.54) is 6.07 Å². The summed E-state index contributed by atoms with van der Waals surface area (Å²) in [5.74, 6) is -0.660. The maximum absolute atomic E-state index is 12.2. The lowest BCUT2D eigenvalue weighted by Crippen LogP contribution is -2.47. The van der Waals surface area contributed by atoms with Gasteiger partial charge in [0.05, 0.1) is 6.54 Å². The van der Waals surface area contributed by atoms with Gasteiger partial charge in [-0.25, -0.2) is 0 Å². The van der Waals surface area contributed by atoms with Crippen LogP contribution in [-0.4, -0.2) is 60.2 Å². The molecular formula is C14H18F2N2O3. The monoisotopic (exact) mass is 300 g/mol. The number of carbonyl (C=O) groups is 1. The largest absolute Gasteiger partial charge is 0.480 e. The van der Waals surface area contributed by atoms with E-state index in [-0.39, 0.29) is 12.3 Å². The number of rotatable bonds is 6. The molecule has 1 aromatic rings.